The second-order valence-electron chi connectivity index (χ2n) is 5.65. The molecule has 2 nitrogen and oxygen atoms in total. The average molecular weight is 356 g/mol. The van der Waals surface area contributed by atoms with E-state index in [0.29, 0.717) is 5.02 Å². The first-order chi connectivity index (χ1) is 9.24. The van der Waals surface area contributed by atoms with Gasteiger partial charge in [-0.15, -0.1) is 24.8 Å². The molecule has 1 atom stereocenters. The quantitative estimate of drug-likeness (QED) is 0.876. The smallest absolute Gasteiger partial charge is 0.128 e. The lowest BCUT2D eigenvalue weighted by Gasteiger charge is -2.35. The highest BCUT2D eigenvalue weighted by molar-refractivity contribution is 6.30. The molecule has 0 amide bonds. The van der Waals surface area contributed by atoms with E-state index in [1.165, 1.54) is 18.9 Å². The van der Waals surface area contributed by atoms with Gasteiger partial charge in [0.1, 0.15) is 5.82 Å². The minimum Gasteiger partial charge on any atom is -0.314 e. The van der Waals surface area contributed by atoms with Gasteiger partial charge in [-0.2, -0.15) is 0 Å². The van der Waals surface area contributed by atoms with Gasteiger partial charge in [0.25, 0.3) is 0 Å². The molecule has 0 radical (unpaired) electrons. The lowest BCUT2D eigenvalue weighted by Crippen LogP contribution is -2.45. The number of piperazine rings is 1. The summed E-state index contributed by atoms with van der Waals surface area (Å²) in [5, 5.41) is 3.99. The van der Waals surface area contributed by atoms with Gasteiger partial charge in [0.05, 0.1) is 0 Å². The van der Waals surface area contributed by atoms with E-state index in [9.17, 15) is 4.39 Å². The first kappa shape index (κ1) is 19.0. The fraction of sp³-hybridized carbons (Fsp3) is 0.600. The zero-order valence-electron chi connectivity index (χ0n) is 11.9. The van der Waals surface area contributed by atoms with Crippen LogP contribution >= 0.6 is 36.4 Å². The summed E-state index contributed by atoms with van der Waals surface area (Å²) in [5.41, 5.74) is 0.779. The number of halogens is 4. The van der Waals surface area contributed by atoms with Crippen LogP contribution in [0.1, 0.15) is 30.9 Å². The minimum atomic E-state index is -0.117. The third-order valence-corrected chi connectivity index (χ3v) is 4.40. The molecule has 0 spiro atoms. The van der Waals surface area contributed by atoms with Crippen LogP contribution < -0.4 is 5.32 Å². The van der Waals surface area contributed by atoms with Gasteiger partial charge in [0.15, 0.2) is 0 Å². The summed E-state index contributed by atoms with van der Waals surface area (Å²) in [5.74, 6) is 0.659. The van der Waals surface area contributed by atoms with Crippen LogP contribution in [0, 0.1) is 11.7 Å². The van der Waals surface area contributed by atoms with Crippen LogP contribution in [-0.4, -0.2) is 31.1 Å². The van der Waals surface area contributed by atoms with Crippen molar-refractivity contribution < 1.29 is 4.39 Å². The standard InChI is InChI=1S/C15H20ClFN2.2ClH/c16-12-3-4-14(17)13(10-12)15(9-11-1-2-11)19-7-5-18-6-8-19;;/h3-4,10-11,15,18H,1-2,5-9H2;2*1H/t15-;;/m1../s1. The van der Waals surface area contributed by atoms with Crippen molar-refractivity contribution in [3.63, 3.8) is 0 Å². The summed E-state index contributed by atoms with van der Waals surface area (Å²) >= 11 is 6.05. The molecule has 21 heavy (non-hydrogen) atoms. The Morgan fingerprint density at radius 3 is 2.52 bits per heavy atom. The van der Waals surface area contributed by atoms with Crippen molar-refractivity contribution in [3.8, 4) is 0 Å². The normalized spacial score (nSPS) is 20.3. The lowest BCUT2D eigenvalue weighted by atomic mass is 9.98. The first-order valence-electron chi connectivity index (χ1n) is 7.14. The van der Waals surface area contributed by atoms with Gasteiger partial charge < -0.3 is 5.32 Å². The fourth-order valence-corrected chi connectivity index (χ4v) is 3.09. The first-order valence-corrected chi connectivity index (χ1v) is 7.51. The van der Waals surface area contributed by atoms with Crippen LogP contribution in [-0.2, 0) is 0 Å². The van der Waals surface area contributed by atoms with E-state index in [1.807, 2.05) is 6.07 Å². The Morgan fingerprint density at radius 1 is 1.24 bits per heavy atom. The topological polar surface area (TPSA) is 15.3 Å². The highest BCUT2D eigenvalue weighted by atomic mass is 35.5. The Labute approximate surface area is 143 Å². The molecule has 1 aromatic rings. The highest BCUT2D eigenvalue weighted by Gasteiger charge is 2.31. The Kier molecular flexibility index (Phi) is 7.72. The molecule has 1 aliphatic carbocycles. The van der Waals surface area contributed by atoms with Crippen LogP contribution in [0.2, 0.25) is 5.02 Å². The van der Waals surface area contributed by atoms with Gasteiger partial charge in [-0.3, -0.25) is 4.90 Å². The number of benzene rings is 1. The van der Waals surface area contributed by atoms with Crippen LogP contribution in [0.4, 0.5) is 4.39 Å². The third-order valence-electron chi connectivity index (χ3n) is 4.16. The molecule has 1 N–H and O–H groups in total. The third kappa shape index (κ3) is 4.97. The van der Waals surface area contributed by atoms with Crippen molar-refractivity contribution in [2.75, 3.05) is 26.2 Å². The molecule has 6 heteroatoms. The number of hydrogen-bond acceptors (Lipinski definition) is 2. The van der Waals surface area contributed by atoms with Crippen molar-refractivity contribution in [1.82, 2.24) is 10.2 Å². The summed E-state index contributed by atoms with van der Waals surface area (Å²) in [6, 6.07) is 5.13. The van der Waals surface area contributed by atoms with E-state index < -0.39 is 0 Å². The Hall–Kier alpha value is -0.0600. The molecule has 120 valence electrons. The number of rotatable bonds is 4. The average Bonchev–Trinajstić information content (AvgIpc) is 3.24. The van der Waals surface area contributed by atoms with Gasteiger partial charge in [-0.05, 0) is 30.5 Å². The van der Waals surface area contributed by atoms with Crippen LogP contribution in [0.25, 0.3) is 0 Å². The summed E-state index contributed by atoms with van der Waals surface area (Å²) in [7, 11) is 0. The second kappa shape index (κ2) is 8.54. The minimum absolute atomic E-state index is 0. The summed E-state index contributed by atoms with van der Waals surface area (Å²) in [4.78, 5) is 2.41. The zero-order chi connectivity index (χ0) is 13.2. The van der Waals surface area contributed by atoms with Crippen molar-refractivity contribution in [2.24, 2.45) is 5.92 Å². The van der Waals surface area contributed by atoms with Gasteiger partial charge in [-0.25, -0.2) is 4.39 Å². The summed E-state index contributed by atoms with van der Waals surface area (Å²) < 4.78 is 14.1. The zero-order valence-corrected chi connectivity index (χ0v) is 14.2. The van der Waals surface area contributed by atoms with E-state index in [2.05, 4.69) is 10.2 Å². The summed E-state index contributed by atoms with van der Waals surface area (Å²) in [6.45, 7) is 3.96. The number of nitrogens with zero attached hydrogens (tertiary/aromatic N) is 1. The molecule has 1 aliphatic heterocycles. The molecule has 2 fully saturated rings. The van der Waals surface area contributed by atoms with Crippen molar-refractivity contribution >= 4 is 36.4 Å². The molecular weight excluding hydrogens is 334 g/mol. The van der Waals surface area contributed by atoms with Crippen LogP contribution in [0.15, 0.2) is 18.2 Å². The molecule has 1 aromatic carbocycles. The molecule has 2 aliphatic rings. The van der Waals surface area contributed by atoms with Crippen molar-refractivity contribution in [2.45, 2.75) is 25.3 Å². The maximum absolute atomic E-state index is 14.1. The monoisotopic (exact) mass is 354 g/mol. The van der Waals surface area contributed by atoms with E-state index in [0.717, 1.165) is 44.1 Å². The van der Waals surface area contributed by atoms with Gasteiger partial charge >= 0.3 is 0 Å². The molecular formula is C15H22Cl3FN2. The predicted molar refractivity (Wildman–Crippen MR) is 90.4 cm³/mol. The van der Waals surface area contributed by atoms with Gasteiger partial charge in [0, 0.05) is 42.8 Å². The SMILES string of the molecule is Cl.Cl.Fc1ccc(Cl)cc1[C@@H](CC1CC1)N1CCNCC1. The fourth-order valence-electron chi connectivity index (χ4n) is 2.91. The predicted octanol–water partition coefficient (Wildman–Crippen LogP) is 4.07. The van der Waals surface area contributed by atoms with Crippen molar-refractivity contribution in [3.05, 3.63) is 34.6 Å². The van der Waals surface area contributed by atoms with Gasteiger partial charge in [0.2, 0.25) is 0 Å². The van der Waals surface area contributed by atoms with E-state index >= 15 is 0 Å². The Morgan fingerprint density at radius 2 is 1.90 bits per heavy atom. The van der Waals surface area contributed by atoms with Gasteiger partial charge in [-0.1, -0.05) is 24.4 Å². The van der Waals surface area contributed by atoms with E-state index in [-0.39, 0.29) is 36.7 Å². The highest BCUT2D eigenvalue weighted by Crippen LogP contribution is 2.41. The van der Waals surface area contributed by atoms with Crippen LogP contribution in [0.5, 0.6) is 0 Å². The second-order valence-corrected chi connectivity index (χ2v) is 6.08. The molecule has 0 bridgehead atoms. The molecule has 1 saturated heterocycles. The molecule has 1 heterocycles. The van der Waals surface area contributed by atoms with Crippen LogP contribution in [0.3, 0.4) is 0 Å². The Bertz CT molecular complexity index is 449. The largest absolute Gasteiger partial charge is 0.314 e. The summed E-state index contributed by atoms with van der Waals surface area (Å²) in [6.07, 6.45) is 3.66. The van der Waals surface area contributed by atoms with E-state index in [1.54, 1.807) is 6.07 Å². The molecule has 1 saturated carbocycles. The molecule has 3 rings (SSSR count). The van der Waals surface area contributed by atoms with E-state index in [4.69, 9.17) is 11.6 Å². The number of nitrogens with one attached hydrogen (secondary N) is 1. The number of hydrogen-bond donors (Lipinski definition) is 1. The molecule has 0 unspecified atom stereocenters. The Balaban J connectivity index is 0.00000110. The molecule has 0 aromatic heterocycles. The maximum Gasteiger partial charge on any atom is 0.128 e. The van der Waals surface area contributed by atoms with Crippen molar-refractivity contribution in [1.29, 1.82) is 0 Å². The lowest BCUT2D eigenvalue weighted by molar-refractivity contribution is 0.157. The maximum atomic E-state index is 14.1.